The molecule has 10 heteroatoms. The number of anilines is 2. The Hall–Kier alpha value is -4.34. The van der Waals surface area contributed by atoms with E-state index in [-0.39, 0.29) is 6.01 Å². The molecule has 37 heavy (non-hydrogen) atoms. The van der Waals surface area contributed by atoms with E-state index in [0.29, 0.717) is 35.4 Å². The zero-order chi connectivity index (χ0) is 25.9. The fourth-order valence-corrected chi connectivity index (χ4v) is 4.08. The Morgan fingerprint density at radius 2 is 1.86 bits per heavy atom. The summed E-state index contributed by atoms with van der Waals surface area (Å²) in [5, 5.41) is 3.29. The van der Waals surface area contributed by atoms with Crippen molar-refractivity contribution in [2.45, 2.75) is 45.9 Å². The van der Waals surface area contributed by atoms with Gasteiger partial charge in [0.2, 0.25) is 0 Å². The van der Waals surface area contributed by atoms with Crippen LogP contribution in [-0.2, 0) is 7.05 Å². The number of alkyl halides is 1. The highest BCUT2D eigenvalue weighted by Crippen LogP contribution is 2.31. The number of ether oxygens (including phenoxy) is 2. The molecule has 0 aliphatic rings. The average molecular weight is 502 g/mol. The summed E-state index contributed by atoms with van der Waals surface area (Å²) >= 11 is 0. The highest BCUT2D eigenvalue weighted by Gasteiger charge is 2.21. The molecule has 0 spiro atoms. The number of halogens is 1. The van der Waals surface area contributed by atoms with Gasteiger partial charge in [-0.25, -0.2) is 24.3 Å². The number of rotatable bonds is 9. The Morgan fingerprint density at radius 3 is 2.65 bits per heavy atom. The van der Waals surface area contributed by atoms with Crippen LogP contribution in [0.4, 0.5) is 15.9 Å². The van der Waals surface area contributed by atoms with Gasteiger partial charge in [-0.15, -0.1) is 0 Å². The standard InChI is InChI=1S/C27H28FN7O2/c1-5-19(28)23(6-2)37-27-29-13-21-25(34-27)26(31-14-30-21)33-17-7-10-24(16(3)11-17)36-18-8-9-22-20(12-18)32-15-35(22)4/h7-15,19,23H,5-6H2,1-4H3,(H,30,31,33). The number of hydrogen-bond acceptors (Lipinski definition) is 8. The highest BCUT2D eigenvalue weighted by atomic mass is 19.1. The molecular weight excluding hydrogens is 473 g/mol. The molecule has 1 N–H and O–H groups in total. The van der Waals surface area contributed by atoms with Crippen LogP contribution in [-0.4, -0.2) is 41.8 Å². The lowest BCUT2D eigenvalue weighted by atomic mass is 10.1. The van der Waals surface area contributed by atoms with Crippen LogP contribution in [0.1, 0.15) is 32.3 Å². The topological polar surface area (TPSA) is 99.9 Å². The number of fused-ring (bicyclic) bond motifs is 2. The van der Waals surface area contributed by atoms with Crippen molar-refractivity contribution >= 4 is 33.6 Å². The van der Waals surface area contributed by atoms with Crippen LogP contribution in [0, 0.1) is 6.92 Å². The van der Waals surface area contributed by atoms with Crippen LogP contribution in [0.3, 0.4) is 0 Å². The predicted molar refractivity (Wildman–Crippen MR) is 140 cm³/mol. The van der Waals surface area contributed by atoms with Crippen molar-refractivity contribution in [3.63, 3.8) is 0 Å². The number of hydrogen-bond donors (Lipinski definition) is 1. The lowest BCUT2D eigenvalue weighted by Crippen LogP contribution is -2.28. The smallest absolute Gasteiger partial charge is 0.317 e. The van der Waals surface area contributed by atoms with E-state index in [0.717, 1.165) is 28.0 Å². The van der Waals surface area contributed by atoms with Crippen LogP contribution in [0.2, 0.25) is 0 Å². The second-order valence-electron chi connectivity index (χ2n) is 8.81. The summed E-state index contributed by atoms with van der Waals surface area (Å²) in [6.07, 6.45) is 3.94. The third-order valence-corrected chi connectivity index (χ3v) is 6.17. The fraction of sp³-hybridized carbons (Fsp3) is 0.296. The molecule has 0 aliphatic heterocycles. The summed E-state index contributed by atoms with van der Waals surface area (Å²) in [6, 6.07) is 11.7. The summed E-state index contributed by atoms with van der Waals surface area (Å²) in [5.41, 5.74) is 4.68. The van der Waals surface area contributed by atoms with Crippen LogP contribution in [0.5, 0.6) is 17.5 Å². The van der Waals surface area contributed by atoms with Gasteiger partial charge < -0.3 is 19.4 Å². The Balaban J connectivity index is 1.37. The summed E-state index contributed by atoms with van der Waals surface area (Å²) < 4.78 is 28.0. The summed E-state index contributed by atoms with van der Waals surface area (Å²) in [7, 11) is 1.96. The highest BCUT2D eigenvalue weighted by molar-refractivity contribution is 5.86. The van der Waals surface area contributed by atoms with E-state index < -0.39 is 12.3 Å². The normalized spacial score (nSPS) is 13.0. The van der Waals surface area contributed by atoms with Crippen molar-refractivity contribution in [2.75, 3.05) is 5.32 Å². The molecule has 5 aromatic rings. The number of aromatic nitrogens is 6. The minimum absolute atomic E-state index is 0.0955. The number of aryl methyl sites for hydroxylation is 2. The van der Waals surface area contributed by atoms with E-state index in [4.69, 9.17) is 9.47 Å². The molecule has 190 valence electrons. The van der Waals surface area contributed by atoms with Crippen molar-refractivity contribution in [2.24, 2.45) is 7.05 Å². The van der Waals surface area contributed by atoms with Crippen molar-refractivity contribution in [1.82, 2.24) is 29.5 Å². The van der Waals surface area contributed by atoms with Crippen molar-refractivity contribution in [3.8, 4) is 17.5 Å². The lowest BCUT2D eigenvalue weighted by molar-refractivity contribution is 0.0850. The first kappa shape index (κ1) is 24.4. The van der Waals surface area contributed by atoms with Gasteiger partial charge >= 0.3 is 6.01 Å². The zero-order valence-corrected chi connectivity index (χ0v) is 21.1. The van der Waals surface area contributed by atoms with E-state index in [1.54, 1.807) is 19.4 Å². The molecule has 0 amide bonds. The van der Waals surface area contributed by atoms with E-state index in [1.165, 1.54) is 6.33 Å². The number of benzene rings is 2. The monoisotopic (exact) mass is 501 g/mol. The fourth-order valence-electron chi connectivity index (χ4n) is 4.08. The van der Waals surface area contributed by atoms with Gasteiger partial charge in [-0.2, -0.15) is 4.98 Å². The van der Waals surface area contributed by atoms with Crippen LogP contribution in [0.25, 0.3) is 22.1 Å². The third kappa shape index (κ3) is 5.13. The molecule has 2 unspecified atom stereocenters. The van der Waals surface area contributed by atoms with Crippen molar-refractivity contribution < 1.29 is 13.9 Å². The van der Waals surface area contributed by atoms with Crippen LogP contribution in [0.15, 0.2) is 55.2 Å². The minimum atomic E-state index is -1.09. The Kier molecular flexibility index (Phi) is 6.80. The Bertz CT molecular complexity index is 1560. The summed E-state index contributed by atoms with van der Waals surface area (Å²) in [4.78, 5) is 21.7. The van der Waals surface area contributed by atoms with E-state index in [2.05, 4.69) is 30.2 Å². The third-order valence-electron chi connectivity index (χ3n) is 6.17. The molecule has 2 aromatic carbocycles. The van der Waals surface area contributed by atoms with E-state index in [1.807, 2.05) is 61.9 Å². The molecule has 0 fully saturated rings. The van der Waals surface area contributed by atoms with E-state index in [9.17, 15) is 4.39 Å². The molecule has 0 saturated carbocycles. The Labute approximate surface area is 213 Å². The molecule has 0 radical (unpaired) electrons. The molecule has 0 saturated heterocycles. The number of nitrogens with zero attached hydrogens (tertiary/aromatic N) is 6. The molecule has 0 aliphatic carbocycles. The zero-order valence-electron chi connectivity index (χ0n) is 21.1. The number of imidazole rings is 1. The SMILES string of the molecule is CCC(F)C(CC)Oc1ncc2ncnc(Nc3ccc(Oc4ccc5c(c4)ncn5C)c(C)c3)c2n1. The van der Waals surface area contributed by atoms with Gasteiger partial charge in [-0.3, -0.25) is 0 Å². The number of nitrogens with one attached hydrogen (secondary N) is 1. The van der Waals surface area contributed by atoms with Gasteiger partial charge in [0.25, 0.3) is 0 Å². The van der Waals surface area contributed by atoms with Gasteiger partial charge in [-0.05, 0) is 55.7 Å². The van der Waals surface area contributed by atoms with Gasteiger partial charge in [0, 0.05) is 18.8 Å². The van der Waals surface area contributed by atoms with Crippen molar-refractivity contribution in [3.05, 3.63) is 60.8 Å². The molecule has 5 rings (SSSR count). The first-order valence-electron chi connectivity index (χ1n) is 12.2. The molecule has 0 bridgehead atoms. The average Bonchev–Trinajstić information content (AvgIpc) is 3.28. The van der Waals surface area contributed by atoms with Crippen molar-refractivity contribution in [1.29, 1.82) is 0 Å². The first-order chi connectivity index (χ1) is 17.9. The van der Waals surface area contributed by atoms with Gasteiger partial charge in [0.05, 0.1) is 23.6 Å². The molecule has 9 nitrogen and oxygen atoms in total. The van der Waals surface area contributed by atoms with Gasteiger partial charge in [-0.1, -0.05) is 13.8 Å². The predicted octanol–water partition coefficient (Wildman–Crippen LogP) is 6.06. The second-order valence-corrected chi connectivity index (χ2v) is 8.81. The maximum Gasteiger partial charge on any atom is 0.317 e. The minimum Gasteiger partial charge on any atom is -0.457 e. The maximum absolute atomic E-state index is 14.2. The largest absolute Gasteiger partial charge is 0.457 e. The van der Waals surface area contributed by atoms with E-state index >= 15 is 0 Å². The maximum atomic E-state index is 14.2. The van der Waals surface area contributed by atoms with Gasteiger partial charge in [0.15, 0.2) is 5.82 Å². The quantitative estimate of drug-likeness (QED) is 0.260. The summed E-state index contributed by atoms with van der Waals surface area (Å²) in [6.45, 7) is 5.62. The molecule has 2 atom stereocenters. The molecule has 3 aromatic heterocycles. The van der Waals surface area contributed by atoms with Crippen LogP contribution < -0.4 is 14.8 Å². The lowest BCUT2D eigenvalue weighted by Gasteiger charge is -2.19. The Morgan fingerprint density at radius 1 is 1.00 bits per heavy atom. The molecular formula is C27H28FN7O2. The van der Waals surface area contributed by atoms with Gasteiger partial charge in [0.1, 0.15) is 41.1 Å². The summed E-state index contributed by atoms with van der Waals surface area (Å²) in [5.74, 6) is 1.94. The molecule has 3 heterocycles. The second kappa shape index (κ2) is 10.3. The van der Waals surface area contributed by atoms with Crippen LogP contribution >= 0.6 is 0 Å². The first-order valence-corrected chi connectivity index (χ1v) is 12.2.